The number of hydrogen-bond donors (Lipinski definition) is 1. The molecule has 4 heteroatoms. The predicted molar refractivity (Wildman–Crippen MR) is 77.9 cm³/mol. The smallest absolute Gasteiger partial charge is 0.134 e. The van der Waals surface area contributed by atoms with Gasteiger partial charge in [0, 0.05) is 36.2 Å². The molecule has 1 aromatic rings. The Morgan fingerprint density at radius 1 is 1.15 bits per heavy atom. The quantitative estimate of drug-likeness (QED) is 0.919. The first-order chi connectivity index (χ1) is 9.79. The number of fused-ring (bicyclic) bond motifs is 1. The van der Waals surface area contributed by atoms with Crippen molar-refractivity contribution in [3.63, 3.8) is 0 Å². The molecule has 0 aromatic carbocycles. The Bertz CT molecular complexity index is 500. The second-order valence-corrected chi connectivity index (χ2v) is 6.57. The van der Waals surface area contributed by atoms with Crippen LogP contribution in [-0.4, -0.2) is 28.7 Å². The van der Waals surface area contributed by atoms with Gasteiger partial charge < -0.3 is 10.1 Å². The van der Waals surface area contributed by atoms with Crippen molar-refractivity contribution in [3.05, 3.63) is 17.6 Å². The molecule has 20 heavy (non-hydrogen) atoms. The van der Waals surface area contributed by atoms with E-state index in [1.54, 1.807) is 0 Å². The summed E-state index contributed by atoms with van der Waals surface area (Å²) in [5.74, 6) is 3.35. The van der Waals surface area contributed by atoms with Crippen LogP contribution in [0.15, 0.2) is 6.07 Å². The van der Waals surface area contributed by atoms with Crippen LogP contribution in [-0.2, 0) is 4.74 Å². The molecule has 1 aromatic heterocycles. The number of nitrogens with zero attached hydrogens (tertiary/aromatic N) is 2. The van der Waals surface area contributed by atoms with E-state index < -0.39 is 0 Å². The SMILES string of the molecule is Cc1cc(N[C@@H]2CCC[C@@H]3OCC[C@@H]32)nc(C2CC2)n1. The molecule has 4 rings (SSSR count). The van der Waals surface area contributed by atoms with Gasteiger partial charge in [-0.2, -0.15) is 0 Å². The van der Waals surface area contributed by atoms with E-state index in [2.05, 4.69) is 23.3 Å². The predicted octanol–water partition coefficient (Wildman–Crippen LogP) is 3.03. The van der Waals surface area contributed by atoms with E-state index in [1.165, 1.54) is 38.5 Å². The molecule has 3 aliphatic rings. The summed E-state index contributed by atoms with van der Waals surface area (Å²) < 4.78 is 5.85. The standard InChI is InChI=1S/C16H23N3O/c1-10-9-15(19-16(17-10)11-5-6-11)18-13-3-2-4-14-12(13)7-8-20-14/h9,11-14H,2-8H2,1H3,(H,17,18,19)/t12-,13-,14+/m1/s1. The largest absolute Gasteiger partial charge is 0.378 e. The van der Waals surface area contributed by atoms with Gasteiger partial charge in [0.25, 0.3) is 0 Å². The third kappa shape index (κ3) is 2.41. The second-order valence-electron chi connectivity index (χ2n) is 6.57. The van der Waals surface area contributed by atoms with E-state index in [0.29, 0.717) is 24.0 Å². The van der Waals surface area contributed by atoms with Crippen LogP contribution in [0.2, 0.25) is 0 Å². The van der Waals surface area contributed by atoms with E-state index in [0.717, 1.165) is 23.9 Å². The normalized spacial score (nSPS) is 33.0. The van der Waals surface area contributed by atoms with Gasteiger partial charge >= 0.3 is 0 Å². The van der Waals surface area contributed by atoms with Crippen LogP contribution >= 0.6 is 0 Å². The first kappa shape index (κ1) is 12.6. The lowest BCUT2D eigenvalue weighted by atomic mass is 9.82. The van der Waals surface area contributed by atoms with Gasteiger partial charge in [0.05, 0.1) is 6.10 Å². The molecule has 0 amide bonds. The summed E-state index contributed by atoms with van der Waals surface area (Å²) in [5, 5.41) is 3.69. The van der Waals surface area contributed by atoms with Gasteiger partial charge in [-0.3, -0.25) is 0 Å². The lowest BCUT2D eigenvalue weighted by molar-refractivity contribution is 0.0619. The minimum Gasteiger partial charge on any atom is -0.378 e. The van der Waals surface area contributed by atoms with Crippen molar-refractivity contribution < 1.29 is 4.74 Å². The highest BCUT2D eigenvalue weighted by Gasteiger charge is 2.37. The van der Waals surface area contributed by atoms with Gasteiger partial charge in [0.15, 0.2) is 0 Å². The van der Waals surface area contributed by atoms with Crippen molar-refractivity contribution in [2.45, 2.75) is 63.5 Å². The fourth-order valence-corrected chi connectivity index (χ4v) is 3.73. The molecule has 2 saturated carbocycles. The summed E-state index contributed by atoms with van der Waals surface area (Å²) in [6, 6.07) is 2.61. The molecule has 2 heterocycles. The fourth-order valence-electron chi connectivity index (χ4n) is 3.73. The number of rotatable bonds is 3. The van der Waals surface area contributed by atoms with E-state index in [9.17, 15) is 0 Å². The Kier molecular flexibility index (Phi) is 3.14. The van der Waals surface area contributed by atoms with E-state index >= 15 is 0 Å². The third-order valence-electron chi connectivity index (χ3n) is 4.93. The first-order valence-electron chi connectivity index (χ1n) is 8.03. The molecule has 0 unspecified atom stereocenters. The maximum Gasteiger partial charge on any atom is 0.134 e. The number of ether oxygens (including phenoxy) is 1. The molecule has 1 saturated heterocycles. The van der Waals surface area contributed by atoms with Crippen LogP contribution in [0, 0.1) is 12.8 Å². The highest BCUT2D eigenvalue weighted by atomic mass is 16.5. The summed E-state index contributed by atoms with van der Waals surface area (Å²) in [7, 11) is 0. The summed E-state index contributed by atoms with van der Waals surface area (Å²) in [5.41, 5.74) is 1.08. The van der Waals surface area contributed by atoms with Crippen LogP contribution < -0.4 is 5.32 Å². The summed E-state index contributed by atoms with van der Waals surface area (Å²) >= 11 is 0. The van der Waals surface area contributed by atoms with Gasteiger partial charge in [-0.1, -0.05) is 0 Å². The molecule has 2 aliphatic carbocycles. The third-order valence-corrected chi connectivity index (χ3v) is 4.93. The molecular formula is C16H23N3O. The lowest BCUT2D eigenvalue weighted by Crippen LogP contribution is -2.38. The number of hydrogen-bond acceptors (Lipinski definition) is 4. The zero-order chi connectivity index (χ0) is 13.5. The van der Waals surface area contributed by atoms with Crippen molar-refractivity contribution in [1.29, 1.82) is 0 Å². The second kappa shape index (κ2) is 4.99. The van der Waals surface area contributed by atoms with Crippen molar-refractivity contribution >= 4 is 5.82 Å². The van der Waals surface area contributed by atoms with E-state index in [-0.39, 0.29) is 0 Å². The average Bonchev–Trinajstić information content (AvgIpc) is 3.17. The Morgan fingerprint density at radius 2 is 2.05 bits per heavy atom. The molecule has 1 aliphatic heterocycles. The lowest BCUT2D eigenvalue weighted by Gasteiger charge is -2.33. The van der Waals surface area contributed by atoms with Crippen LogP contribution in [0.3, 0.4) is 0 Å². The zero-order valence-corrected chi connectivity index (χ0v) is 12.1. The summed E-state index contributed by atoms with van der Waals surface area (Å²) in [6.07, 6.45) is 7.92. The van der Waals surface area contributed by atoms with Crippen LogP contribution in [0.4, 0.5) is 5.82 Å². The van der Waals surface area contributed by atoms with Crippen molar-refractivity contribution in [3.8, 4) is 0 Å². The monoisotopic (exact) mass is 273 g/mol. The Morgan fingerprint density at radius 3 is 2.90 bits per heavy atom. The first-order valence-corrected chi connectivity index (χ1v) is 8.03. The van der Waals surface area contributed by atoms with Gasteiger partial charge in [0.1, 0.15) is 11.6 Å². The minimum absolute atomic E-state index is 0.479. The number of aryl methyl sites for hydroxylation is 1. The average molecular weight is 273 g/mol. The van der Waals surface area contributed by atoms with Gasteiger partial charge in [-0.25, -0.2) is 9.97 Å². The molecule has 108 valence electrons. The van der Waals surface area contributed by atoms with Gasteiger partial charge in [0.2, 0.25) is 0 Å². The summed E-state index contributed by atoms with van der Waals surface area (Å²) in [6.45, 7) is 3.00. The molecule has 0 radical (unpaired) electrons. The number of nitrogens with one attached hydrogen (secondary N) is 1. The van der Waals surface area contributed by atoms with Crippen LogP contribution in [0.25, 0.3) is 0 Å². The highest BCUT2D eigenvalue weighted by Crippen LogP contribution is 2.39. The van der Waals surface area contributed by atoms with Crippen LogP contribution in [0.5, 0.6) is 0 Å². The van der Waals surface area contributed by atoms with Crippen molar-refractivity contribution in [1.82, 2.24) is 9.97 Å². The fraction of sp³-hybridized carbons (Fsp3) is 0.750. The van der Waals surface area contributed by atoms with E-state index in [4.69, 9.17) is 9.72 Å². The summed E-state index contributed by atoms with van der Waals surface area (Å²) in [4.78, 5) is 9.32. The van der Waals surface area contributed by atoms with Crippen LogP contribution in [0.1, 0.15) is 56.0 Å². The Labute approximate surface area is 120 Å². The molecule has 4 nitrogen and oxygen atoms in total. The molecule has 1 N–H and O–H groups in total. The molecule has 3 fully saturated rings. The number of aromatic nitrogens is 2. The van der Waals surface area contributed by atoms with Gasteiger partial charge in [-0.15, -0.1) is 0 Å². The van der Waals surface area contributed by atoms with Crippen molar-refractivity contribution in [2.75, 3.05) is 11.9 Å². The topological polar surface area (TPSA) is 47.0 Å². The molecular weight excluding hydrogens is 250 g/mol. The zero-order valence-electron chi connectivity index (χ0n) is 12.1. The minimum atomic E-state index is 0.479. The molecule has 0 bridgehead atoms. The maximum atomic E-state index is 5.85. The van der Waals surface area contributed by atoms with Gasteiger partial charge in [-0.05, 0) is 45.4 Å². The Balaban J connectivity index is 1.52. The molecule has 0 spiro atoms. The highest BCUT2D eigenvalue weighted by molar-refractivity contribution is 5.38. The van der Waals surface area contributed by atoms with E-state index in [1.807, 2.05) is 0 Å². The Hall–Kier alpha value is -1.16. The van der Waals surface area contributed by atoms with Crippen molar-refractivity contribution in [2.24, 2.45) is 5.92 Å². The maximum absolute atomic E-state index is 5.85. The molecule has 3 atom stereocenters. The number of anilines is 1.